The van der Waals surface area contributed by atoms with Crippen molar-refractivity contribution in [2.75, 3.05) is 5.32 Å². The second-order valence-electron chi connectivity index (χ2n) is 4.70. The maximum absolute atomic E-state index is 9.45. The molecule has 0 aromatic heterocycles. The lowest BCUT2D eigenvalue weighted by Crippen LogP contribution is -2.10. The van der Waals surface area contributed by atoms with Crippen molar-refractivity contribution in [1.29, 1.82) is 0 Å². The largest absolute Gasteiger partial charge is 0.506 e. The summed E-state index contributed by atoms with van der Waals surface area (Å²) in [4.78, 5) is 0. The van der Waals surface area contributed by atoms with Crippen LogP contribution in [0.3, 0.4) is 0 Å². The lowest BCUT2D eigenvalue weighted by atomic mass is 10.0. The Hall–Kier alpha value is -1.38. The first-order valence-electron chi connectivity index (χ1n) is 6.60. The summed E-state index contributed by atoms with van der Waals surface area (Å²) >= 11 is 11.9. The number of nitrogens with one attached hydrogen (secondary N) is 1. The number of phenols is 1. The van der Waals surface area contributed by atoms with E-state index in [4.69, 9.17) is 23.2 Å². The summed E-state index contributed by atoms with van der Waals surface area (Å²) in [5.74, 6) is 0.0933. The maximum Gasteiger partial charge on any atom is 0.134 e. The lowest BCUT2D eigenvalue weighted by Gasteiger charge is -2.20. The topological polar surface area (TPSA) is 32.3 Å². The number of halogens is 2. The molecule has 2 aromatic carbocycles. The van der Waals surface area contributed by atoms with Crippen molar-refractivity contribution in [1.82, 2.24) is 0 Å². The lowest BCUT2D eigenvalue weighted by molar-refractivity contribution is 0.475. The first-order chi connectivity index (χ1) is 9.60. The van der Waals surface area contributed by atoms with Gasteiger partial charge in [0.15, 0.2) is 0 Å². The molecule has 2 rings (SSSR count). The van der Waals surface area contributed by atoms with Crippen LogP contribution in [0, 0.1) is 0 Å². The zero-order valence-electron chi connectivity index (χ0n) is 11.2. The maximum atomic E-state index is 9.45. The molecule has 0 bridgehead atoms. The molecule has 0 aliphatic carbocycles. The van der Waals surface area contributed by atoms with Gasteiger partial charge >= 0.3 is 0 Å². The van der Waals surface area contributed by atoms with Gasteiger partial charge in [0, 0.05) is 10.7 Å². The average Bonchev–Trinajstić information content (AvgIpc) is 2.43. The predicted molar refractivity (Wildman–Crippen MR) is 85.8 cm³/mol. The van der Waals surface area contributed by atoms with Crippen LogP contribution >= 0.6 is 23.2 Å². The summed E-state index contributed by atoms with van der Waals surface area (Å²) in [5.41, 5.74) is 2.07. The van der Waals surface area contributed by atoms with Crippen LogP contribution in [0.1, 0.15) is 31.4 Å². The summed E-state index contributed by atoms with van der Waals surface area (Å²) in [6.07, 6.45) is 2.06. The molecule has 2 N–H and O–H groups in total. The zero-order chi connectivity index (χ0) is 14.5. The zero-order valence-corrected chi connectivity index (χ0v) is 12.7. The number of aromatic hydroxyl groups is 1. The molecule has 0 fully saturated rings. The van der Waals surface area contributed by atoms with Crippen LogP contribution in [-0.4, -0.2) is 5.11 Å². The SMILES string of the molecule is CCCC(Nc1ccc(O)c(Cl)c1)c1ccc(Cl)cc1. The van der Waals surface area contributed by atoms with Crippen molar-refractivity contribution in [3.8, 4) is 5.75 Å². The van der Waals surface area contributed by atoms with Gasteiger partial charge in [0.1, 0.15) is 5.75 Å². The Bertz CT molecular complexity index is 569. The summed E-state index contributed by atoms with van der Waals surface area (Å²) in [7, 11) is 0. The Morgan fingerprint density at radius 2 is 1.80 bits per heavy atom. The Kier molecular flexibility index (Phi) is 5.16. The summed E-state index contributed by atoms with van der Waals surface area (Å²) in [6, 6.07) is 13.2. The van der Waals surface area contributed by atoms with Gasteiger partial charge in [-0.2, -0.15) is 0 Å². The van der Waals surface area contributed by atoms with Gasteiger partial charge in [-0.1, -0.05) is 48.7 Å². The van der Waals surface area contributed by atoms with E-state index in [9.17, 15) is 5.11 Å². The van der Waals surface area contributed by atoms with Crippen molar-refractivity contribution < 1.29 is 5.11 Å². The van der Waals surface area contributed by atoms with E-state index in [-0.39, 0.29) is 11.8 Å². The minimum atomic E-state index is 0.0933. The molecule has 0 aliphatic heterocycles. The average molecular weight is 310 g/mol. The molecule has 1 unspecified atom stereocenters. The Morgan fingerprint density at radius 1 is 1.10 bits per heavy atom. The first kappa shape index (κ1) is 15.0. The number of hydrogen-bond acceptors (Lipinski definition) is 2. The molecule has 0 heterocycles. The monoisotopic (exact) mass is 309 g/mol. The molecular formula is C16H17Cl2NO. The van der Waals surface area contributed by atoms with Crippen LogP contribution in [0.25, 0.3) is 0 Å². The van der Waals surface area contributed by atoms with Crippen molar-refractivity contribution in [3.05, 3.63) is 58.1 Å². The minimum Gasteiger partial charge on any atom is -0.506 e. The highest BCUT2D eigenvalue weighted by atomic mass is 35.5. The molecule has 1 atom stereocenters. The number of benzene rings is 2. The van der Waals surface area contributed by atoms with E-state index in [1.54, 1.807) is 12.1 Å². The minimum absolute atomic E-state index is 0.0933. The van der Waals surface area contributed by atoms with Crippen molar-refractivity contribution in [2.24, 2.45) is 0 Å². The molecule has 2 aromatic rings. The van der Waals surface area contributed by atoms with Gasteiger partial charge in [0.05, 0.1) is 11.1 Å². The Labute approximate surface area is 129 Å². The second kappa shape index (κ2) is 6.87. The van der Waals surface area contributed by atoms with E-state index in [1.807, 2.05) is 30.3 Å². The normalized spacial score (nSPS) is 12.2. The van der Waals surface area contributed by atoms with E-state index in [0.29, 0.717) is 5.02 Å². The number of rotatable bonds is 5. The summed E-state index contributed by atoms with van der Waals surface area (Å²) < 4.78 is 0. The van der Waals surface area contributed by atoms with E-state index >= 15 is 0 Å². The molecule has 2 nitrogen and oxygen atoms in total. The number of hydrogen-bond donors (Lipinski definition) is 2. The third-order valence-corrected chi connectivity index (χ3v) is 3.69. The summed E-state index contributed by atoms with van der Waals surface area (Å²) in [6.45, 7) is 2.15. The molecular weight excluding hydrogens is 293 g/mol. The molecule has 0 aliphatic rings. The fourth-order valence-electron chi connectivity index (χ4n) is 2.10. The highest BCUT2D eigenvalue weighted by Gasteiger charge is 2.11. The van der Waals surface area contributed by atoms with Gasteiger partial charge in [0.25, 0.3) is 0 Å². The third-order valence-electron chi connectivity index (χ3n) is 3.14. The predicted octanol–water partition coefficient (Wildman–Crippen LogP) is 5.65. The molecule has 106 valence electrons. The number of anilines is 1. The standard InChI is InChI=1S/C16H17Cl2NO/c1-2-3-15(11-4-6-12(17)7-5-11)19-13-8-9-16(20)14(18)10-13/h4-10,15,19-20H,2-3H2,1H3. The molecule has 0 amide bonds. The van der Waals surface area contributed by atoms with Gasteiger partial charge in [0.2, 0.25) is 0 Å². The van der Waals surface area contributed by atoms with Gasteiger partial charge in [-0.05, 0) is 42.3 Å². The summed E-state index contributed by atoms with van der Waals surface area (Å²) in [5, 5.41) is 14.0. The van der Waals surface area contributed by atoms with Crippen molar-refractivity contribution in [2.45, 2.75) is 25.8 Å². The first-order valence-corrected chi connectivity index (χ1v) is 7.36. The van der Waals surface area contributed by atoms with Gasteiger partial charge in [-0.25, -0.2) is 0 Å². The molecule has 0 saturated carbocycles. The van der Waals surface area contributed by atoms with Crippen LogP contribution in [0.2, 0.25) is 10.0 Å². The van der Waals surface area contributed by atoms with E-state index in [1.165, 1.54) is 5.56 Å². The van der Waals surface area contributed by atoms with Crippen LogP contribution in [-0.2, 0) is 0 Å². The van der Waals surface area contributed by atoms with Crippen LogP contribution in [0.15, 0.2) is 42.5 Å². The van der Waals surface area contributed by atoms with E-state index in [0.717, 1.165) is 23.6 Å². The van der Waals surface area contributed by atoms with Gasteiger partial charge < -0.3 is 10.4 Å². The fraction of sp³-hybridized carbons (Fsp3) is 0.250. The Balaban J connectivity index is 2.20. The second-order valence-corrected chi connectivity index (χ2v) is 5.55. The van der Waals surface area contributed by atoms with Crippen LogP contribution in [0.5, 0.6) is 5.75 Å². The third kappa shape index (κ3) is 3.81. The quantitative estimate of drug-likeness (QED) is 0.699. The van der Waals surface area contributed by atoms with Crippen molar-refractivity contribution >= 4 is 28.9 Å². The van der Waals surface area contributed by atoms with E-state index < -0.39 is 0 Å². The smallest absolute Gasteiger partial charge is 0.134 e. The molecule has 20 heavy (non-hydrogen) atoms. The van der Waals surface area contributed by atoms with Crippen LogP contribution in [0.4, 0.5) is 5.69 Å². The number of phenolic OH excluding ortho intramolecular Hbond substituents is 1. The fourth-order valence-corrected chi connectivity index (χ4v) is 2.41. The van der Waals surface area contributed by atoms with E-state index in [2.05, 4.69) is 12.2 Å². The Morgan fingerprint density at radius 3 is 2.40 bits per heavy atom. The van der Waals surface area contributed by atoms with Gasteiger partial charge in [-0.15, -0.1) is 0 Å². The van der Waals surface area contributed by atoms with Crippen molar-refractivity contribution in [3.63, 3.8) is 0 Å². The molecule has 0 saturated heterocycles. The highest BCUT2D eigenvalue weighted by molar-refractivity contribution is 6.32. The molecule has 4 heteroatoms. The van der Waals surface area contributed by atoms with Gasteiger partial charge in [-0.3, -0.25) is 0 Å². The molecule has 0 spiro atoms. The highest BCUT2D eigenvalue weighted by Crippen LogP contribution is 2.30. The molecule has 0 radical (unpaired) electrons. The van der Waals surface area contributed by atoms with Crippen LogP contribution < -0.4 is 5.32 Å².